The third-order valence-electron chi connectivity index (χ3n) is 3.88. The molecule has 1 aliphatic carbocycles. The highest BCUT2D eigenvalue weighted by atomic mass is 16.5. The number of fused-ring (bicyclic) bond motifs is 1. The fourth-order valence-electron chi connectivity index (χ4n) is 2.51. The standard InChI is InChI=1S/C16H23NO2/c1-2-5-16-15(4-1)14(12-19-16)10-17-8-3-9-18-11-13-6-7-13/h1-2,4-5,13-14,17H,3,6-12H2. The topological polar surface area (TPSA) is 30.5 Å². The van der Waals surface area contributed by atoms with Gasteiger partial charge in [0.05, 0.1) is 6.61 Å². The number of ether oxygens (including phenoxy) is 2. The van der Waals surface area contributed by atoms with Gasteiger partial charge < -0.3 is 14.8 Å². The zero-order valence-electron chi connectivity index (χ0n) is 11.4. The van der Waals surface area contributed by atoms with Crippen LogP contribution in [-0.4, -0.2) is 32.9 Å². The van der Waals surface area contributed by atoms with Crippen molar-refractivity contribution in [2.24, 2.45) is 5.92 Å². The van der Waals surface area contributed by atoms with E-state index in [-0.39, 0.29) is 0 Å². The Morgan fingerprint density at radius 1 is 1.26 bits per heavy atom. The van der Waals surface area contributed by atoms with E-state index < -0.39 is 0 Å². The van der Waals surface area contributed by atoms with E-state index in [1.807, 2.05) is 6.07 Å². The van der Waals surface area contributed by atoms with E-state index in [2.05, 4.69) is 23.5 Å². The monoisotopic (exact) mass is 261 g/mol. The van der Waals surface area contributed by atoms with Gasteiger partial charge in [-0.2, -0.15) is 0 Å². The molecule has 1 aromatic rings. The molecule has 3 heteroatoms. The molecular formula is C16H23NO2. The van der Waals surface area contributed by atoms with Crippen LogP contribution < -0.4 is 10.1 Å². The predicted octanol–water partition coefficient (Wildman–Crippen LogP) is 2.57. The Bertz CT molecular complexity index is 403. The minimum absolute atomic E-state index is 0.503. The third-order valence-corrected chi connectivity index (χ3v) is 3.88. The second-order valence-electron chi connectivity index (χ2n) is 5.62. The van der Waals surface area contributed by atoms with E-state index >= 15 is 0 Å². The summed E-state index contributed by atoms with van der Waals surface area (Å²) in [7, 11) is 0. The lowest BCUT2D eigenvalue weighted by molar-refractivity contribution is 0.122. The lowest BCUT2D eigenvalue weighted by Gasteiger charge is -2.10. The largest absolute Gasteiger partial charge is 0.493 e. The Morgan fingerprint density at radius 2 is 2.16 bits per heavy atom. The van der Waals surface area contributed by atoms with Crippen molar-refractivity contribution < 1.29 is 9.47 Å². The van der Waals surface area contributed by atoms with Crippen LogP contribution in [0.2, 0.25) is 0 Å². The number of benzene rings is 1. The van der Waals surface area contributed by atoms with Crippen LogP contribution in [0.1, 0.15) is 30.7 Å². The van der Waals surface area contributed by atoms with Crippen molar-refractivity contribution >= 4 is 0 Å². The van der Waals surface area contributed by atoms with Gasteiger partial charge in [-0.25, -0.2) is 0 Å². The molecule has 1 saturated carbocycles. The van der Waals surface area contributed by atoms with E-state index in [1.54, 1.807) is 0 Å². The van der Waals surface area contributed by atoms with Crippen LogP contribution in [0.5, 0.6) is 5.75 Å². The second kappa shape index (κ2) is 6.40. The average molecular weight is 261 g/mol. The zero-order chi connectivity index (χ0) is 12.9. The Balaban J connectivity index is 1.28. The van der Waals surface area contributed by atoms with E-state index in [0.29, 0.717) is 5.92 Å². The zero-order valence-corrected chi connectivity index (χ0v) is 11.4. The maximum Gasteiger partial charge on any atom is 0.122 e. The van der Waals surface area contributed by atoms with Crippen molar-refractivity contribution in [1.29, 1.82) is 0 Å². The summed E-state index contributed by atoms with van der Waals surface area (Å²) in [4.78, 5) is 0. The second-order valence-corrected chi connectivity index (χ2v) is 5.62. The number of hydrogen-bond acceptors (Lipinski definition) is 3. The van der Waals surface area contributed by atoms with Crippen LogP contribution in [0.4, 0.5) is 0 Å². The van der Waals surface area contributed by atoms with Crippen LogP contribution in [0.25, 0.3) is 0 Å². The molecule has 1 N–H and O–H groups in total. The Kier molecular flexibility index (Phi) is 4.36. The summed E-state index contributed by atoms with van der Waals surface area (Å²) < 4.78 is 11.3. The average Bonchev–Trinajstić information content (AvgIpc) is 3.18. The Hall–Kier alpha value is -1.06. The molecule has 3 rings (SSSR count). The summed E-state index contributed by atoms with van der Waals surface area (Å²) in [6, 6.07) is 8.35. The van der Waals surface area contributed by atoms with Crippen molar-refractivity contribution in [2.45, 2.75) is 25.2 Å². The van der Waals surface area contributed by atoms with Crippen LogP contribution in [0.3, 0.4) is 0 Å². The maximum atomic E-state index is 5.68. The highest BCUT2D eigenvalue weighted by Crippen LogP contribution is 2.32. The molecule has 0 radical (unpaired) electrons. The molecule has 0 amide bonds. The van der Waals surface area contributed by atoms with Gasteiger partial charge in [0, 0.05) is 31.2 Å². The summed E-state index contributed by atoms with van der Waals surface area (Å²) in [5.41, 5.74) is 1.35. The van der Waals surface area contributed by atoms with Crippen LogP contribution >= 0.6 is 0 Å². The molecule has 19 heavy (non-hydrogen) atoms. The van der Waals surface area contributed by atoms with Gasteiger partial charge in [-0.1, -0.05) is 18.2 Å². The molecule has 3 nitrogen and oxygen atoms in total. The summed E-state index contributed by atoms with van der Waals surface area (Å²) in [5, 5.41) is 3.51. The number of rotatable bonds is 8. The van der Waals surface area contributed by atoms with Gasteiger partial charge in [0.25, 0.3) is 0 Å². The molecule has 0 aromatic heterocycles. The highest BCUT2D eigenvalue weighted by Gasteiger charge is 2.23. The first-order valence-corrected chi connectivity index (χ1v) is 7.43. The van der Waals surface area contributed by atoms with Gasteiger partial charge >= 0.3 is 0 Å². The van der Waals surface area contributed by atoms with Crippen molar-refractivity contribution in [3.63, 3.8) is 0 Å². The summed E-state index contributed by atoms with van der Waals surface area (Å²) >= 11 is 0. The quantitative estimate of drug-likeness (QED) is 0.730. The minimum atomic E-state index is 0.503. The molecule has 1 heterocycles. The van der Waals surface area contributed by atoms with Gasteiger partial charge in [-0.05, 0) is 37.8 Å². The van der Waals surface area contributed by atoms with E-state index in [0.717, 1.165) is 51.0 Å². The van der Waals surface area contributed by atoms with Crippen molar-refractivity contribution in [1.82, 2.24) is 5.32 Å². The summed E-state index contributed by atoms with van der Waals surface area (Å²) in [6.07, 6.45) is 3.85. The molecule has 2 aliphatic rings. The third kappa shape index (κ3) is 3.71. The number of para-hydroxylation sites is 1. The fourth-order valence-corrected chi connectivity index (χ4v) is 2.51. The lowest BCUT2D eigenvalue weighted by Crippen LogP contribution is -2.24. The predicted molar refractivity (Wildman–Crippen MR) is 75.7 cm³/mol. The number of hydrogen-bond donors (Lipinski definition) is 1. The van der Waals surface area contributed by atoms with E-state index in [1.165, 1.54) is 18.4 Å². The molecule has 1 fully saturated rings. The molecule has 0 saturated heterocycles. The normalized spacial score (nSPS) is 21.2. The van der Waals surface area contributed by atoms with Gasteiger partial charge in [0.15, 0.2) is 0 Å². The van der Waals surface area contributed by atoms with Crippen molar-refractivity contribution in [3.8, 4) is 5.75 Å². The maximum absolute atomic E-state index is 5.68. The van der Waals surface area contributed by atoms with Gasteiger partial charge in [-0.3, -0.25) is 0 Å². The van der Waals surface area contributed by atoms with Crippen molar-refractivity contribution in [3.05, 3.63) is 29.8 Å². The van der Waals surface area contributed by atoms with Gasteiger partial charge in [0.2, 0.25) is 0 Å². The summed E-state index contributed by atoms with van der Waals surface area (Å²) in [5.74, 6) is 2.44. The molecule has 1 aromatic carbocycles. The first-order valence-electron chi connectivity index (χ1n) is 7.43. The minimum Gasteiger partial charge on any atom is -0.493 e. The summed E-state index contributed by atoms with van der Waals surface area (Å²) in [6.45, 7) is 4.71. The molecule has 1 aliphatic heterocycles. The first kappa shape index (κ1) is 12.9. The molecule has 104 valence electrons. The van der Waals surface area contributed by atoms with Crippen LogP contribution in [0, 0.1) is 5.92 Å². The molecule has 1 unspecified atom stereocenters. The first-order chi connectivity index (χ1) is 9.43. The van der Waals surface area contributed by atoms with Crippen molar-refractivity contribution in [2.75, 3.05) is 32.9 Å². The molecule has 0 spiro atoms. The Morgan fingerprint density at radius 3 is 3.05 bits per heavy atom. The Labute approximate surface area is 115 Å². The smallest absolute Gasteiger partial charge is 0.122 e. The fraction of sp³-hybridized carbons (Fsp3) is 0.625. The van der Waals surface area contributed by atoms with Crippen LogP contribution in [-0.2, 0) is 4.74 Å². The van der Waals surface area contributed by atoms with Crippen LogP contribution in [0.15, 0.2) is 24.3 Å². The molecule has 1 atom stereocenters. The van der Waals surface area contributed by atoms with Gasteiger partial charge in [-0.15, -0.1) is 0 Å². The lowest BCUT2D eigenvalue weighted by atomic mass is 10.0. The molecular weight excluding hydrogens is 238 g/mol. The van der Waals surface area contributed by atoms with Gasteiger partial charge in [0.1, 0.15) is 5.75 Å². The highest BCUT2D eigenvalue weighted by molar-refractivity contribution is 5.39. The van der Waals surface area contributed by atoms with E-state index in [4.69, 9.17) is 9.47 Å². The number of nitrogens with one attached hydrogen (secondary N) is 1. The SMILES string of the molecule is c1ccc2c(c1)OCC2CNCCCOCC1CC1. The van der Waals surface area contributed by atoms with E-state index in [9.17, 15) is 0 Å². The molecule has 0 bridgehead atoms.